The first kappa shape index (κ1) is 18.3. The van der Waals surface area contributed by atoms with Crippen molar-refractivity contribution in [2.45, 2.75) is 13.0 Å². The highest BCUT2D eigenvalue weighted by Gasteiger charge is 2.15. The van der Waals surface area contributed by atoms with Crippen molar-refractivity contribution >= 4 is 6.03 Å². The molecule has 6 nitrogen and oxygen atoms in total. The van der Waals surface area contributed by atoms with Crippen molar-refractivity contribution < 1.29 is 14.3 Å². The fourth-order valence-electron chi connectivity index (χ4n) is 2.86. The Bertz CT molecular complexity index is 873. The number of fused-ring (bicyclic) bond motifs is 1. The number of carbonyl (C=O) groups is 1. The van der Waals surface area contributed by atoms with E-state index >= 15 is 0 Å². The number of carbonyl (C=O) groups excluding carboxylic acids is 1. The minimum atomic E-state index is -0.169. The lowest BCUT2D eigenvalue weighted by molar-refractivity contribution is 0.174. The lowest BCUT2D eigenvalue weighted by Gasteiger charge is -2.22. The summed E-state index contributed by atoms with van der Waals surface area (Å²) in [6.07, 6.45) is 2.37. The number of ether oxygens (including phenoxy) is 2. The quantitative estimate of drug-likeness (QED) is 0.767. The average Bonchev–Trinajstić information content (AvgIpc) is 3.15. The standard InChI is InChI=1S/C21H21N3O3/c1-2-10-24(14-18-5-3-4-17(11-18)13-22)21(25)23-9-8-16-6-7-19-20(12-16)27-15-26-19/h2-7,11-12H,1,8-10,14-15H2,(H,23,25). The van der Waals surface area contributed by atoms with E-state index in [1.807, 2.05) is 30.3 Å². The van der Waals surface area contributed by atoms with Crippen LogP contribution in [-0.2, 0) is 13.0 Å². The van der Waals surface area contributed by atoms with Crippen LogP contribution in [0.15, 0.2) is 55.1 Å². The third-order valence-corrected chi connectivity index (χ3v) is 4.19. The Kier molecular flexibility index (Phi) is 5.95. The molecule has 138 valence electrons. The second-order valence-corrected chi connectivity index (χ2v) is 6.15. The Balaban J connectivity index is 1.55. The zero-order valence-electron chi connectivity index (χ0n) is 15.0. The number of hydrogen-bond acceptors (Lipinski definition) is 4. The topological polar surface area (TPSA) is 74.6 Å². The van der Waals surface area contributed by atoms with Gasteiger partial charge in [0.25, 0.3) is 0 Å². The molecule has 2 amide bonds. The van der Waals surface area contributed by atoms with Gasteiger partial charge in [-0.2, -0.15) is 5.26 Å². The number of rotatable bonds is 7. The van der Waals surface area contributed by atoms with Crippen LogP contribution in [-0.4, -0.2) is 30.8 Å². The third kappa shape index (κ3) is 4.79. The van der Waals surface area contributed by atoms with Crippen LogP contribution in [0.2, 0.25) is 0 Å². The fourth-order valence-corrected chi connectivity index (χ4v) is 2.86. The molecule has 6 heteroatoms. The average molecular weight is 363 g/mol. The highest BCUT2D eigenvalue weighted by Crippen LogP contribution is 2.32. The number of amides is 2. The van der Waals surface area contributed by atoms with Gasteiger partial charge < -0.3 is 19.7 Å². The summed E-state index contributed by atoms with van der Waals surface area (Å²) in [6.45, 7) is 5.31. The van der Waals surface area contributed by atoms with Crippen LogP contribution >= 0.6 is 0 Å². The zero-order chi connectivity index (χ0) is 19.1. The molecule has 0 aliphatic carbocycles. The van der Waals surface area contributed by atoms with Gasteiger partial charge in [-0.15, -0.1) is 6.58 Å². The Morgan fingerprint density at radius 3 is 2.89 bits per heavy atom. The van der Waals surface area contributed by atoms with Crippen LogP contribution in [0.1, 0.15) is 16.7 Å². The van der Waals surface area contributed by atoms with E-state index in [-0.39, 0.29) is 12.8 Å². The number of nitrogens with zero attached hydrogens (tertiary/aromatic N) is 2. The molecule has 2 aromatic rings. The molecule has 0 unspecified atom stereocenters. The molecule has 2 aromatic carbocycles. The van der Waals surface area contributed by atoms with Crippen molar-refractivity contribution in [2.24, 2.45) is 0 Å². The molecule has 3 rings (SSSR count). The van der Waals surface area contributed by atoms with Crippen molar-refractivity contribution in [2.75, 3.05) is 19.9 Å². The first-order valence-corrected chi connectivity index (χ1v) is 8.71. The molecule has 0 saturated heterocycles. The molecule has 0 spiro atoms. The number of benzene rings is 2. The van der Waals surface area contributed by atoms with Gasteiger partial charge in [-0.05, 0) is 41.8 Å². The van der Waals surface area contributed by atoms with Crippen LogP contribution in [0.3, 0.4) is 0 Å². The summed E-state index contributed by atoms with van der Waals surface area (Å²) in [7, 11) is 0. The smallest absolute Gasteiger partial charge is 0.317 e. The lowest BCUT2D eigenvalue weighted by atomic mass is 10.1. The molecule has 0 radical (unpaired) electrons. The van der Waals surface area contributed by atoms with Crippen LogP contribution in [0, 0.1) is 11.3 Å². The van der Waals surface area contributed by atoms with Gasteiger partial charge in [-0.1, -0.05) is 24.3 Å². The van der Waals surface area contributed by atoms with Crippen molar-refractivity contribution in [3.63, 3.8) is 0 Å². The van der Waals surface area contributed by atoms with Crippen molar-refractivity contribution in [1.82, 2.24) is 10.2 Å². The Morgan fingerprint density at radius 2 is 2.07 bits per heavy atom. The van der Waals surface area contributed by atoms with Crippen LogP contribution in [0.5, 0.6) is 11.5 Å². The minimum absolute atomic E-state index is 0.169. The van der Waals surface area contributed by atoms with E-state index in [9.17, 15) is 4.79 Å². The molecule has 0 aromatic heterocycles. The molecule has 0 atom stereocenters. The van der Waals surface area contributed by atoms with Crippen LogP contribution in [0.4, 0.5) is 4.79 Å². The molecule has 1 N–H and O–H groups in total. The van der Waals surface area contributed by atoms with Crippen molar-refractivity contribution in [3.05, 3.63) is 71.8 Å². The van der Waals surface area contributed by atoms with E-state index in [0.717, 1.165) is 22.6 Å². The predicted molar refractivity (Wildman–Crippen MR) is 101 cm³/mol. The second kappa shape index (κ2) is 8.77. The van der Waals surface area contributed by atoms with Gasteiger partial charge in [-0.3, -0.25) is 0 Å². The van der Waals surface area contributed by atoms with Gasteiger partial charge in [0.1, 0.15) is 0 Å². The highest BCUT2D eigenvalue weighted by molar-refractivity contribution is 5.74. The SMILES string of the molecule is C=CCN(Cc1cccc(C#N)c1)C(=O)NCCc1ccc2c(c1)OCO2. The van der Waals surface area contributed by atoms with Crippen LogP contribution < -0.4 is 14.8 Å². The maximum absolute atomic E-state index is 12.5. The fraction of sp³-hybridized carbons (Fsp3) is 0.238. The predicted octanol–water partition coefficient (Wildman–Crippen LogP) is 3.23. The zero-order valence-corrected chi connectivity index (χ0v) is 15.0. The number of hydrogen-bond donors (Lipinski definition) is 1. The number of nitrogens with one attached hydrogen (secondary N) is 1. The minimum Gasteiger partial charge on any atom is -0.454 e. The first-order valence-electron chi connectivity index (χ1n) is 8.71. The Morgan fingerprint density at radius 1 is 1.22 bits per heavy atom. The molecule has 27 heavy (non-hydrogen) atoms. The monoisotopic (exact) mass is 363 g/mol. The summed E-state index contributed by atoms with van der Waals surface area (Å²) >= 11 is 0. The molecular weight excluding hydrogens is 342 g/mol. The molecule has 0 saturated carbocycles. The van der Waals surface area contributed by atoms with E-state index in [0.29, 0.717) is 31.6 Å². The number of urea groups is 1. The van der Waals surface area contributed by atoms with Gasteiger partial charge in [-0.25, -0.2) is 4.79 Å². The molecule has 1 aliphatic heterocycles. The van der Waals surface area contributed by atoms with Gasteiger partial charge in [0.15, 0.2) is 11.5 Å². The van der Waals surface area contributed by atoms with Crippen LogP contribution in [0.25, 0.3) is 0 Å². The van der Waals surface area contributed by atoms with Crippen molar-refractivity contribution in [3.8, 4) is 17.6 Å². The second-order valence-electron chi connectivity index (χ2n) is 6.15. The summed E-state index contributed by atoms with van der Waals surface area (Å²) in [4.78, 5) is 14.2. The van der Waals surface area contributed by atoms with E-state index in [4.69, 9.17) is 14.7 Å². The van der Waals surface area contributed by atoms with Gasteiger partial charge >= 0.3 is 6.03 Å². The van der Waals surface area contributed by atoms with Gasteiger partial charge in [0.2, 0.25) is 6.79 Å². The molecule has 1 heterocycles. The van der Waals surface area contributed by atoms with Gasteiger partial charge in [0.05, 0.1) is 11.6 Å². The molecule has 1 aliphatic rings. The van der Waals surface area contributed by atoms with E-state index < -0.39 is 0 Å². The van der Waals surface area contributed by atoms with E-state index in [2.05, 4.69) is 18.0 Å². The third-order valence-electron chi connectivity index (χ3n) is 4.19. The largest absolute Gasteiger partial charge is 0.454 e. The summed E-state index contributed by atoms with van der Waals surface area (Å²) in [6, 6.07) is 15.0. The normalized spacial score (nSPS) is 11.5. The number of nitriles is 1. The van der Waals surface area contributed by atoms with Gasteiger partial charge in [0, 0.05) is 19.6 Å². The summed E-state index contributed by atoms with van der Waals surface area (Å²) in [5.74, 6) is 1.49. The summed E-state index contributed by atoms with van der Waals surface area (Å²) < 4.78 is 10.7. The van der Waals surface area contributed by atoms with E-state index in [1.165, 1.54) is 0 Å². The van der Waals surface area contributed by atoms with E-state index in [1.54, 1.807) is 23.1 Å². The maximum atomic E-state index is 12.5. The Labute approximate surface area is 158 Å². The summed E-state index contributed by atoms with van der Waals surface area (Å²) in [5.41, 5.74) is 2.55. The molecule has 0 fully saturated rings. The molecule has 0 bridgehead atoms. The lowest BCUT2D eigenvalue weighted by Crippen LogP contribution is -2.40. The maximum Gasteiger partial charge on any atom is 0.317 e. The Hall–Kier alpha value is -3.46. The highest BCUT2D eigenvalue weighted by atomic mass is 16.7. The summed E-state index contributed by atoms with van der Waals surface area (Å²) in [5, 5.41) is 12.0. The first-order chi connectivity index (χ1) is 13.2. The molecular formula is C21H21N3O3. The van der Waals surface area contributed by atoms with Crippen molar-refractivity contribution in [1.29, 1.82) is 5.26 Å².